The number of H-pyrrole nitrogens is 2. The standard InChI is InChI=1S/C21H23N3O2/c1-4-13-12-22-21(25)19-18-16-7-6-15(26-10-9-24(2)3)11-14(16)5-8-17(18)23-20(13)19/h5-8,11-12,23H,4,9-10H2,1-3H3,(H,22,25). The Bertz CT molecular complexity index is 1150. The summed E-state index contributed by atoms with van der Waals surface area (Å²) in [6.07, 6.45) is 2.67. The highest BCUT2D eigenvalue weighted by molar-refractivity contribution is 6.20. The molecule has 0 amide bonds. The molecule has 4 aromatic rings. The van der Waals surface area contributed by atoms with Gasteiger partial charge < -0.3 is 19.6 Å². The van der Waals surface area contributed by atoms with E-state index in [-0.39, 0.29) is 5.56 Å². The summed E-state index contributed by atoms with van der Waals surface area (Å²) in [5, 5.41) is 3.86. The van der Waals surface area contributed by atoms with E-state index < -0.39 is 0 Å². The molecule has 0 fully saturated rings. The summed E-state index contributed by atoms with van der Waals surface area (Å²) in [6, 6.07) is 10.2. The van der Waals surface area contributed by atoms with Crippen LogP contribution in [0.1, 0.15) is 12.5 Å². The number of ether oxygens (including phenoxy) is 1. The van der Waals surface area contributed by atoms with Gasteiger partial charge in [0, 0.05) is 23.6 Å². The molecule has 5 nitrogen and oxygen atoms in total. The van der Waals surface area contributed by atoms with Gasteiger partial charge in [-0.3, -0.25) is 4.79 Å². The highest BCUT2D eigenvalue weighted by atomic mass is 16.5. The molecule has 0 unspecified atom stereocenters. The first-order valence-electron chi connectivity index (χ1n) is 8.94. The zero-order valence-corrected chi connectivity index (χ0v) is 15.3. The molecule has 26 heavy (non-hydrogen) atoms. The monoisotopic (exact) mass is 349 g/mol. The summed E-state index contributed by atoms with van der Waals surface area (Å²) < 4.78 is 5.85. The van der Waals surface area contributed by atoms with E-state index in [1.807, 2.05) is 38.4 Å². The Balaban J connectivity index is 1.89. The van der Waals surface area contributed by atoms with Gasteiger partial charge in [-0.05, 0) is 61.1 Å². The van der Waals surface area contributed by atoms with Crippen molar-refractivity contribution in [1.29, 1.82) is 0 Å². The molecule has 2 aromatic carbocycles. The van der Waals surface area contributed by atoms with Crippen LogP contribution < -0.4 is 10.3 Å². The Morgan fingerprint density at radius 3 is 2.73 bits per heavy atom. The van der Waals surface area contributed by atoms with Crippen LogP contribution in [0.15, 0.2) is 41.3 Å². The molecule has 5 heteroatoms. The average molecular weight is 349 g/mol. The largest absolute Gasteiger partial charge is 0.492 e. The molecule has 0 saturated heterocycles. The topological polar surface area (TPSA) is 61.1 Å². The van der Waals surface area contributed by atoms with Crippen LogP contribution in [0, 0.1) is 0 Å². The molecule has 2 N–H and O–H groups in total. The van der Waals surface area contributed by atoms with E-state index in [4.69, 9.17) is 4.74 Å². The minimum absolute atomic E-state index is 0.0535. The van der Waals surface area contributed by atoms with Gasteiger partial charge in [0.25, 0.3) is 5.56 Å². The van der Waals surface area contributed by atoms with E-state index in [2.05, 4.69) is 27.9 Å². The summed E-state index contributed by atoms with van der Waals surface area (Å²) in [4.78, 5) is 20.9. The molecule has 0 aliphatic heterocycles. The van der Waals surface area contributed by atoms with Crippen molar-refractivity contribution in [2.75, 3.05) is 27.2 Å². The van der Waals surface area contributed by atoms with Gasteiger partial charge in [-0.25, -0.2) is 0 Å². The number of hydrogen-bond donors (Lipinski definition) is 2. The van der Waals surface area contributed by atoms with Gasteiger partial charge >= 0.3 is 0 Å². The van der Waals surface area contributed by atoms with Crippen molar-refractivity contribution in [3.05, 3.63) is 52.4 Å². The van der Waals surface area contributed by atoms with Crippen LogP contribution in [0.5, 0.6) is 5.75 Å². The predicted octanol–water partition coefficient (Wildman–Crippen LogP) is 3.67. The number of hydrogen-bond acceptors (Lipinski definition) is 3. The second kappa shape index (κ2) is 6.50. The van der Waals surface area contributed by atoms with Crippen LogP contribution in [0.2, 0.25) is 0 Å². The van der Waals surface area contributed by atoms with Crippen LogP contribution in [0.4, 0.5) is 0 Å². The molecular formula is C21H23N3O2. The van der Waals surface area contributed by atoms with Crippen molar-refractivity contribution in [3.63, 3.8) is 0 Å². The van der Waals surface area contributed by atoms with Crippen LogP contribution in [0.3, 0.4) is 0 Å². The molecule has 0 bridgehead atoms. The number of aromatic amines is 2. The average Bonchev–Trinajstić information content (AvgIpc) is 3.02. The fourth-order valence-electron chi connectivity index (χ4n) is 3.48. The van der Waals surface area contributed by atoms with Gasteiger partial charge in [0.15, 0.2) is 0 Å². The number of fused-ring (bicyclic) bond motifs is 5. The van der Waals surface area contributed by atoms with Crippen LogP contribution in [-0.4, -0.2) is 42.1 Å². The molecule has 2 aromatic heterocycles. The molecule has 0 aliphatic rings. The minimum Gasteiger partial charge on any atom is -0.492 e. The Hall–Kier alpha value is -2.79. The lowest BCUT2D eigenvalue weighted by Crippen LogP contribution is -2.19. The first-order valence-corrected chi connectivity index (χ1v) is 8.94. The highest BCUT2D eigenvalue weighted by Crippen LogP contribution is 2.33. The molecule has 0 atom stereocenters. The molecule has 134 valence electrons. The van der Waals surface area contributed by atoms with Gasteiger partial charge in [0.2, 0.25) is 0 Å². The first kappa shape index (κ1) is 16.7. The predicted molar refractivity (Wildman–Crippen MR) is 107 cm³/mol. The Labute approximate surface area is 151 Å². The molecule has 0 saturated carbocycles. The summed E-state index contributed by atoms with van der Waals surface area (Å²) in [5.74, 6) is 0.849. The zero-order valence-electron chi connectivity index (χ0n) is 15.3. The lowest BCUT2D eigenvalue weighted by Gasteiger charge is -2.11. The second-order valence-corrected chi connectivity index (χ2v) is 6.89. The lowest BCUT2D eigenvalue weighted by molar-refractivity contribution is 0.261. The van der Waals surface area contributed by atoms with E-state index >= 15 is 0 Å². The number of nitrogens with one attached hydrogen (secondary N) is 2. The maximum Gasteiger partial charge on any atom is 0.258 e. The third-order valence-corrected chi connectivity index (χ3v) is 4.86. The Morgan fingerprint density at radius 2 is 1.96 bits per heavy atom. The Morgan fingerprint density at radius 1 is 1.12 bits per heavy atom. The van der Waals surface area contributed by atoms with Crippen molar-refractivity contribution < 1.29 is 4.74 Å². The van der Waals surface area contributed by atoms with E-state index in [0.29, 0.717) is 6.61 Å². The summed E-state index contributed by atoms with van der Waals surface area (Å²) >= 11 is 0. The third-order valence-electron chi connectivity index (χ3n) is 4.86. The molecule has 0 spiro atoms. The first-order chi connectivity index (χ1) is 12.6. The van der Waals surface area contributed by atoms with Gasteiger partial charge in [-0.2, -0.15) is 0 Å². The smallest absolute Gasteiger partial charge is 0.258 e. The van der Waals surface area contributed by atoms with Gasteiger partial charge in [0.05, 0.1) is 10.9 Å². The van der Waals surface area contributed by atoms with E-state index in [1.54, 1.807) is 6.20 Å². The maximum atomic E-state index is 12.5. The van der Waals surface area contributed by atoms with E-state index in [1.165, 1.54) is 0 Å². The summed E-state index contributed by atoms with van der Waals surface area (Å²) in [6.45, 7) is 3.61. The number of pyridine rings is 1. The second-order valence-electron chi connectivity index (χ2n) is 6.89. The number of likely N-dealkylation sites (N-methyl/N-ethyl adjacent to an activating group) is 1. The Kier molecular flexibility index (Phi) is 4.17. The molecule has 0 radical (unpaired) electrons. The SMILES string of the molecule is CCc1c[nH]c(=O)c2c1[nH]c1ccc3cc(OCCN(C)C)ccc3c12. The fourth-order valence-corrected chi connectivity index (χ4v) is 3.48. The van der Waals surface area contributed by atoms with Gasteiger partial charge in [-0.1, -0.05) is 13.0 Å². The summed E-state index contributed by atoms with van der Waals surface area (Å²) in [7, 11) is 4.05. The number of rotatable bonds is 5. The number of aryl methyl sites for hydroxylation is 1. The fraction of sp³-hybridized carbons (Fsp3) is 0.286. The number of aromatic nitrogens is 2. The molecular weight excluding hydrogens is 326 g/mol. The van der Waals surface area contributed by atoms with Crippen LogP contribution in [0.25, 0.3) is 32.6 Å². The molecule has 0 aliphatic carbocycles. The number of benzene rings is 2. The number of nitrogens with zero attached hydrogens (tertiary/aromatic N) is 1. The highest BCUT2D eigenvalue weighted by Gasteiger charge is 2.14. The van der Waals surface area contributed by atoms with Crippen molar-refractivity contribution >= 4 is 32.6 Å². The maximum absolute atomic E-state index is 12.5. The van der Waals surface area contributed by atoms with Crippen molar-refractivity contribution in [2.45, 2.75) is 13.3 Å². The van der Waals surface area contributed by atoms with Crippen molar-refractivity contribution in [1.82, 2.24) is 14.9 Å². The minimum atomic E-state index is -0.0535. The van der Waals surface area contributed by atoms with E-state index in [0.717, 1.165) is 56.9 Å². The van der Waals surface area contributed by atoms with Crippen molar-refractivity contribution in [3.8, 4) is 5.75 Å². The van der Waals surface area contributed by atoms with Crippen LogP contribution >= 0.6 is 0 Å². The third kappa shape index (κ3) is 2.74. The summed E-state index contributed by atoms with van der Waals surface area (Å²) in [5.41, 5.74) is 2.99. The van der Waals surface area contributed by atoms with Crippen molar-refractivity contribution in [2.24, 2.45) is 0 Å². The molecule has 4 rings (SSSR count). The molecule has 2 heterocycles. The van der Waals surface area contributed by atoms with E-state index in [9.17, 15) is 4.79 Å². The van der Waals surface area contributed by atoms with Gasteiger partial charge in [0.1, 0.15) is 12.4 Å². The zero-order chi connectivity index (χ0) is 18.3. The lowest BCUT2D eigenvalue weighted by atomic mass is 10.0. The van der Waals surface area contributed by atoms with Crippen LogP contribution in [-0.2, 0) is 6.42 Å². The quantitative estimate of drug-likeness (QED) is 0.578. The normalized spacial score (nSPS) is 11.8. The van der Waals surface area contributed by atoms with Gasteiger partial charge in [-0.15, -0.1) is 0 Å².